The number of hydrogen-bond donors (Lipinski definition) is 0. The Morgan fingerprint density at radius 1 is 1.00 bits per heavy atom. The first kappa shape index (κ1) is 19.9. The van der Waals surface area contributed by atoms with E-state index in [1.807, 2.05) is 48.5 Å². The Morgan fingerprint density at radius 2 is 1.77 bits per heavy atom. The summed E-state index contributed by atoms with van der Waals surface area (Å²) in [5, 5.41) is 0.570. The maximum absolute atomic E-state index is 14.6. The molecule has 6 heteroatoms. The van der Waals surface area contributed by atoms with Gasteiger partial charge >= 0.3 is 0 Å². The van der Waals surface area contributed by atoms with Gasteiger partial charge in [0.2, 0.25) is 0 Å². The second-order valence-corrected chi connectivity index (χ2v) is 7.16. The van der Waals surface area contributed by atoms with Crippen molar-refractivity contribution >= 4 is 11.6 Å². The van der Waals surface area contributed by atoms with E-state index in [1.54, 1.807) is 12.1 Å². The lowest BCUT2D eigenvalue weighted by Gasteiger charge is -2.11. The summed E-state index contributed by atoms with van der Waals surface area (Å²) in [7, 11) is 0. The third kappa shape index (κ3) is 4.42. The minimum absolute atomic E-state index is 0.128. The van der Waals surface area contributed by atoms with Gasteiger partial charge in [-0.15, -0.1) is 0 Å². The van der Waals surface area contributed by atoms with Gasteiger partial charge in [-0.2, -0.15) is 0 Å². The van der Waals surface area contributed by atoms with Crippen LogP contribution in [0.3, 0.4) is 0 Å². The molecule has 4 aromatic rings. The normalized spacial score (nSPS) is 10.7. The Balaban J connectivity index is 1.57. The molecule has 0 saturated carbocycles. The van der Waals surface area contributed by atoms with Gasteiger partial charge in [0.15, 0.2) is 11.6 Å². The van der Waals surface area contributed by atoms with E-state index in [4.69, 9.17) is 16.3 Å². The molecule has 0 unspecified atom stereocenters. The van der Waals surface area contributed by atoms with Crippen LogP contribution in [0.25, 0.3) is 11.1 Å². The van der Waals surface area contributed by atoms with E-state index >= 15 is 0 Å². The maximum atomic E-state index is 14.6. The first-order valence-corrected chi connectivity index (χ1v) is 9.74. The number of nitrogens with zero attached hydrogens (tertiary/aromatic N) is 2. The van der Waals surface area contributed by atoms with E-state index < -0.39 is 5.82 Å². The number of aromatic nitrogens is 2. The Labute approximate surface area is 178 Å². The van der Waals surface area contributed by atoms with Gasteiger partial charge in [0.05, 0.1) is 18.4 Å². The van der Waals surface area contributed by atoms with Crippen molar-refractivity contribution in [3.05, 3.63) is 118 Å². The standard InChI is InChI=1S/C24H18ClFN2O2/c25-21-9-5-4-8-19(21)14-28-16-27-13-20(24(28)29)18-10-11-23(22(26)12-18)30-15-17-6-2-1-3-7-17/h1-13,16H,14-15H2. The topological polar surface area (TPSA) is 44.1 Å². The van der Waals surface area contributed by atoms with Crippen molar-refractivity contribution in [2.75, 3.05) is 0 Å². The zero-order valence-corrected chi connectivity index (χ0v) is 16.7. The highest BCUT2D eigenvalue weighted by atomic mass is 35.5. The van der Waals surface area contributed by atoms with Gasteiger partial charge in [-0.05, 0) is 34.9 Å². The summed E-state index contributed by atoms with van der Waals surface area (Å²) in [6.07, 6.45) is 2.88. The Bertz CT molecular complexity index is 1230. The lowest BCUT2D eigenvalue weighted by Crippen LogP contribution is -2.22. The molecule has 30 heavy (non-hydrogen) atoms. The molecule has 0 fully saturated rings. The van der Waals surface area contributed by atoms with Gasteiger partial charge in [0, 0.05) is 11.2 Å². The number of halogens is 2. The van der Waals surface area contributed by atoms with E-state index in [1.165, 1.54) is 29.2 Å². The fourth-order valence-electron chi connectivity index (χ4n) is 3.09. The average Bonchev–Trinajstić information content (AvgIpc) is 2.76. The highest BCUT2D eigenvalue weighted by molar-refractivity contribution is 6.31. The smallest absolute Gasteiger partial charge is 0.261 e. The summed E-state index contributed by atoms with van der Waals surface area (Å²) < 4.78 is 21.6. The third-order valence-corrected chi connectivity index (χ3v) is 5.05. The largest absolute Gasteiger partial charge is 0.486 e. The van der Waals surface area contributed by atoms with Crippen LogP contribution in [0.1, 0.15) is 11.1 Å². The zero-order valence-electron chi connectivity index (χ0n) is 16.0. The van der Waals surface area contributed by atoms with Crippen LogP contribution in [0.15, 0.2) is 90.1 Å². The molecule has 4 nitrogen and oxygen atoms in total. The van der Waals surface area contributed by atoms with Crippen molar-refractivity contribution in [1.82, 2.24) is 9.55 Å². The molecule has 0 amide bonds. The fraction of sp³-hybridized carbons (Fsp3) is 0.0833. The number of ether oxygens (including phenoxy) is 1. The predicted molar refractivity (Wildman–Crippen MR) is 115 cm³/mol. The van der Waals surface area contributed by atoms with Crippen molar-refractivity contribution in [3.63, 3.8) is 0 Å². The molecule has 4 rings (SSSR count). The summed E-state index contributed by atoms with van der Waals surface area (Å²) in [5.74, 6) is -0.410. The SMILES string of the molecule is O=c1c(-c2ccc(OCc3ccccc3)c(F)c2)cncn1Cc1ccccc1Cl. The average molecular weight is 421 g/mol. The van der Waals surface area contributed by atoms with Crippen molar-refractivity contribution < 1.29 is 9.13 Å². The van der Waals surface area contributed by atoms with Gasteiger partial charge in [-0.3, -0.25) is 9.36 Å². The first-order chi connectivity index (χ1) is 14.6. The minimum Gasteiger partial charge on any atom is -0.486 e. The van der Waals surface area contributed by atoms with Crippen molar-refractivity contribution in [2.24, 2.45) is 0 Å². The zero-order chi connectivity index (χ0) is 20.9. The molecule has 1 aromatic heterocycles. The second-order valence-electron chi connectivity index (χ2n) is 6.75. The molecule has 0 saturated heterocycles. The van der Waals surface area contributed by atoms with E-state index in [-0.39, 0.29) is 24.5 Å². The van der Waals surface area contributed by atoms with E-state index in [9.17, 15) is 9.18 Å². The van der Waals surface area contributed by atoms with Crippen LogP contribution in [0.5, 0.6) is 5.75 Å². The Hall–Kier alpha value is -3.44. The van der Waals surface area contributed by atoms with E-state index in [0.29, 0.717) is 16.1 Å². The van der Waals surface area contributed by atoms with E-state index in [0.717, 1.165) is 11.1 Å². The molecule has 0 aliphatic heterocycles. The molecule has 0 bridgehead atoms. The summed E-state index contributed by atoms with van der Waals surface area (Å²) in [5.41, 5.74) is 2.21. The highest BCUT2D eigenvalue weighted by Gasteiger charge is 2.12. The van der Waals surface area contributed by atoms with Gasteiger partial charge in [0.25, 0.3) is 5.56 Å². The highest BCUT2D eigenvalue weighted by Crippen LogP contribution is 2.24. The third-order valence-electron chi connectivity index (χ3n) is 4.68. The van der Waals surface area contributed by atoms with Crippen LogP contribution in [0.2, 0.25) is 5.02 Å². The summed E-state index contributed by atoms with van der Waals surface area (Å²) in [6.45, 7) is 0.536. The second kappa shape index (κ2) is 8.93. The maximum Gasteiger partial charge on any atom is 0.261 e. The quantitative estimate of drug-likeness (QED) is 0.423. The van der Waals surface area contributed by atoms with Crippen LogP contribution in [-0.2, 0) is 13.2 Å². The summed E-state index contributed by atoms with van der Waals surface area (Å²) in [4.78, 5) is 17.1. The number of rotatable bonds is 6. The molecular formula is C24H18ClFN2O2. The van der Waals surface area contributed by atoms with Crippen LogP contribution < -0.4 is 10.3 Å². The lowest BCUT2D eigenvalue weighted by atomic mass is 10.1. The molecule has 3 aromatic carbocycles. The molecule has 1 heterocycles. The van der Waals surface area contributed by atoms with Crippen molar-refractivity contribution in [3.8, 4) is 16.9 Å². The molecule has 0 aliphatic carbocycles. The van der Waals surface area contributed by atoms with Gasteiger partial charge in [-0.25, -0.2) is 9.37 Å². The molecule has 0 N–H and O–H groups in total. The molecule has 0 atom stereocenters. The molecule has 0 aliphatic rings. The Kier molecular flexibility index (Phi) is 5.91. The number of benzene rings is 3. The van der Waals surface area contributed by atoms with Crippen molar-refractivity contribution in [1.29, 1.82) is 0 Å². The fourth-order valence-corrected chi connectivity index (χ4v) is 3.29. The van der Waals surface area contributed by atoms with Crippen molar-refractivity contribution in [2.45, 2.75) is 13.2 Å². The summed E-state index contributed by atoms with van der Waals surface area (Å²) >= 11 is 6.20. The van der Waals surface area contributed by atoms with Gasteiger partial charge in [0.1, 0.15) is 6.61 Å². The lowest BCUT2D eigenvalue weighted by molar-refractivity contribution is 0.290. The van der Waals surface area contributed by atoms with Crippen LogP contribution in [0, 0.1) is 5.82 Å². The Morgan fingerprint density at radius 3 is 2.53 bits per heavy atom. The first-order valence-electron chi connectivity index (χ1n) is 9.36. The van der Waals surface area contributed by atoms with Crippen LogP contribution >= 0.6 is 11.6 Å². The van der Waals surface area contributed by atoms with E-state index in [2.05, 4.69) is 4.98 Å². The predicted octanol–water partition coefficient (Wildman–Crippen LogP) is 5.33. The molecular weight excluding hydrogens is 403 g/mol. The van der Waals surface area contributed by atoms with Crippen LogP contribution in [-0.4, -0.2) is 9.55 Å². The molecule has 0 spiro atoms. The minimum atomic E-state index is -0.538. The van der Waals surface area contributed by atoms with Gasteiger partial charge in [-0.1, -0.05) is 66.2 Å². The number of hydrogen-bond acceptors (Lipinski definition) is 3. The molecule has 0 radical (unpaired) electrons. The van der Waals surface area contributed by atoms with Gasteiger partial charge < -0.3 is 4.74 Å². The monoisotopic (exact) mass is 420 g/mol. The summed E-state index contributed by atoms with van der Waals surface area (Å²) in [6, 6.07) is 21.3. The van der Waals surface area contributed by atoms with Crippen LogP contribution in [0.4, 0.5) is 4.39 Å². The molecule has 150 valence electrons.